The number of rotatable bonds is 2. The van der Waals surface area contributed by atoms with Crippen molar-refractivity contribution in [2.24, 2.45) is 0 Å². The number of aromatic nitrogens is 2. The molecule has 1 aromatic carbocycles. The summed E-state index contributed by atoms with van der Waals surface area (Å²) in [5.41, 5.74) is 0.563. The molecule has 0 unspecified atom stereocenters. The first kappa shape index (κ1) is 12.0. The first-order valence-electron chi connectivity index (χ1n) is 4.79. The zero-order chi connectivity index (χ0) is 13.1. The summed E-state index contributed by atoms with van der Waals surface area (Å²) in [5, 5.41) is 19.5. The Kier molecular flexibility index (Phi) is 3.17. The van der Waals surface area contributed by atoms with E-state index in [0.717, 1.165) is 6.33 Å². The third-order valence-corrected chi connectivity index (χ3v) is 2.50. The number of nitro groups is 1. The van der Waals surface area contributed by atoms with Gasteiger partial charge in [0.05, 0.1) is 16.6 Å². The second-order valence-electron chi connectivity index (χ2n) is 3.31. The fraction of sp³-hybridized carbons (Fsp3) is 0. The van der Waals surface area contributed by atoms with Gasteiger partial charge in [-0.2, -0.15) is 5.26 Å². The molecule has 0 aliphatic rings. The standard InChI is InChI=1S/C11H5ClN4O2/c12-11-10(16(17)18)9(14-6-15-11)8-3-1-2-7(4-8)5-13/h1-4,6H. The molecule has 0 saturated carbocycles. The van der Waals surface area contributed by atoms with Gasteiger partial charge in [-0.15, -0.1) is 0 Å². The van der Waals surface area contributed by atoms with Crippen molar-refractivity contribution in [2.45, 2.75) is 0 Å². The van der Waals surface area contributed by atoms with Crippen molar-refractivity contribution in [1.29, 1.82) is 5.26 Å². The molecule has 7 heteroatoms. The lowest BCUT2D eigenvalue weighted by Gasteiger charge is -2.02. The highest BCUT2D eigenvalue weighted by atomic mass is 35.5. The van der Waals surface area contributed by atoms with E-state index in [0.29, 0.717) is 11.1 Å². The lowest BCUT2D eigenvalue weighted by molar-refractivity contribution is -0.384. The van der Waals surface area contributed by atoms with Crippen LogP contribution in [0.15, 0.2) is 30.6 Å². The van der Waals surface area contributed by atoms with Crippen LogP contribution in [0.1, 0.15) is 5.56 Å². The SMILES string of the molecule is N#Cc1cccc(-c2ncnc(Cl)c2[N+](=O)[O-])c1. The van der Waals surface area contributed by atoms with Crippen LogP contribution >= 0.6 is 11.6 Å². The normalized spacial score (nSPS) is 9.78. The lowest BCUT2D eigenvalue weighted by atomic mass is 10.1. The summed E-state index contributed by atoms with van der Waals surface area (Å²) in [6.07, 6.45) is 1.14. The van der Waals surface area contributed by atoms with Gasteiger partial charge in [0.1, 0.15) is 6.33 Å². The maximum Gasteiger partial charge on any atom is 0.332 e. The van der Waals surface area contributed by atoms with Crippen molar-refractivity contribution in [2.75, 3.05) is 0 Å². The van der Waals surface area contributed by atoms with Crippen LogP contribution in [0.3, 0.4) is 0 Å². The Morgan fingerprint density at radius 3 is 2.83 bits per heavy atom. The van der Waals surface area contributed by atoms with Crippen LogP contribution in [-0.4, -0.2) is 14.9 Å². The van der Waals surface area contributed by atoms with Gasteiger partial charge in [-0.1, -0.05) is 23.7 Å². The number of hydrogen-bond acceptors (Lipinski definition) is 5. The van der Waals surface area contributed by atoms with Gasteiger partial charge in [0.15, 0.2) is 5.69 Å². The van der Waals surface area contributed by atoms with Crippen LogP contribution in [-0.2, 0) is 0 Å². The van der Waals surface area contributed by atoms with Crippen LogP contribution in [0.25, 0.3) is 11.3 Å². The fourth-order valence-electron chi connectivity index (χ4n) is 1.47. The molecule has 0 atom stereocenters. The molecule has 0 fully saturated rings. The average Bonchev–Trinajstić information content (AvgIpc) is 2.38. The minimum atomic E-state index is -0.642. The van der Waals surface area contributed by atoms with Crippen molar-refractivity contribution in [3.63, 3.8) is 0 Å². The van der Waals surface area contributed by atoms with E-state index in [9.17, 15) is 10.1 Å². The predicted octanol–water partition coefficient (Wildman–Crippen LogP) is 2.58. The molecule has 0 aliphatic carbocycles. The summed E-state index contributed by atoms with van der Waals surface area (Å²) in [5.74, 6) is 0. The van der Waals surface area contributed by atoms with Gasteiger partial charge in [0, 0.05) is 5.56 Å². The molecule has 1 heterocycles. The molecule has 0 radical (unpaired) electrons. The van der Waals surface area contributed by atoms with Crippen LogP contribution in [0.2, 0.25) is 5.15 Å². The second kappa shape index (κ2) is 4.77. The molecule has 0 spiro atoms. The fourth-order valence-corrected chi connectivity index (χ4v) is 1.67. The highest BCUT2D eigenvalue weighted by Crippen LogP contribution is 2.32. The Hall–Kier alpha value is -2.52. The third kappa shape index (κ3) is 2.12. The zero-order valence-electron chi connectivity index (χ0n) is 8.87. The maximum absolute atomic E-state index is 10.9. The summed E-state index contributed by atoms with van der Waals surface area (Å²) in [6, 6.07) is 8.29. The van der Waals surface area contributed by atoms with Crippen LogP contribution in [0.5, 0.6) is 0 Å². The van der Waals surface area contributed by atoms with Crippen molar-refractivity contribution < 1.29 is 4.92 Å². The van der Waals surface area contributed by atoms with E-state index in [-0.39, 0.29) is 16.5 Å². The zero-order valence-corrected chi connectivity index (χ0v) is 9.63. The number of nitrogens with zero attached hydrogens (tertiary/aromatic N) is 4. The summed E-state index contributed by atoms with van der Waals surface area (Å²) in [6.45, 7) is 0. The van der Waals surface area contributed by atoms with Gasteiger partial charge < -0.3 is 0 Å². The lowest BCUT2D eigenvalue weighted by Crippen LogP contribution is -1.97. The number of hydrogen-bond donors (Lipinski definition) is 0. The topological polar surface area (TPSA) is 92.7 Å². The Balaban J connectivity index is 2.68. The summed E-state index contributed by atoms with van der Waals surface area (Å²) >= 11 is 5.69. The summed E-state index contributed by atoms with van der Waals surface area (Å²) < 4.78 is 0. The summed E-state index contributed by atoms with van der Waals surface area (Å²) in [4.78, 5) is 17.7. The smallest absolute Gasteiger partial charge is 0.258 e. The molecule has 2 rings (SSSR count). The second-order valence-corrected chi connectivity index (χ2v) is 3.67. The van der Waals surface area contributed by atoms with E-state index >= 15 is 0 Å². The molecule has 0 bridgehead atoms. The number of halogens is 1. The van der Waals surface area contributed by atoms with E-state index in [1.54, 1.807) is 18.2 Å². The average molecular weight is 261 g/mol. The third-order valence-electron chi connectivity index (χ3n) is 2.23. The largest absolute Gasteiger partial charge is 0.332 e. The molecular weight excluding hydrogens is 256 g/mol. The Morgan fingerprint density at radius 1 is 1.39 bits per heavy atom. The monoisotopic (exact) mass is 260 g/mol. The molecule has 1 aromatic heterocycles. The van der Waals surface area contributed by atoms with Gasteiger partial charge in [-0.25, -0.2) is 9.97 Å². The summed E-state index contributed by atoms with van der Waals surface area (Å²) in [7, 11) is 0. The first-order valence-corrected chi connectivity index (χ1v) is 5.16. The minimum absolute atomic E-state index is 0.0945. The van der Waals surface area contributed by atoms with E-state index < -0.39 is 4.92 Å². The molecule has 2 aromatic rings. The van der Waals surface area contributed by atoms with Crippen molar-refractivity contribution >= 4 is 17.3 Å². The van der Waals surface area contributed by atoms with Gasteiger partial charge in [-0.3, -0.25) is 10.1 Å². The van der Waals surface area contributed by atoms with Crippen LogP contribution in [0, 0.1) is 21.4 Å². The van der Waals surface area contributed by atoms with Crippen LogP contribution in [0.4, 0.5) is 5.69 Å². The van der Waals surface area contributed by atoms with E-state index in [4.69, 9.17) is 16.9 Å². The molecule has 18 heavy (non-hydrogen) atoms. The van der Waals surface area contributed by atoms with Crippen LogP contribution < -0.4 is 0 Å². The Labute approximate surface area is 107 Å². The van der Waals surface area contributed by atoms with Gasteiger partial charge in [-0.05, 0) is 12.1 Å². The van der Waals surface area contributed by atoms with Gasteiger partial charge in [0.2, 0.25) is 5.15 Å². The first-order chi connectivity index (χ1) is 8.63. The van der Waals surface area contributed by atoms with E-state index in [2.05, 4.69) is 9.97 Å². The Bertz CT molecular complexity index is 666. The van der Waals surface area contributed by atoms with E-state index in [1.165, 1.54) is 6.07 Å². The number of nitriles is 1. The molecule has 88 valence electrons. The van der Waals surface area contributed by atoms with Crippen molar-refractivity contribution in [3.8, 4) is 17.3 Å². The molecule has 6 nitrogen and oxygen atoms in total. The minimum Gasteiger partial charge on any atom is -0.258 e. The predicted molar refractivity (Wildman–Crippen MR) is 63.8 cm³/mol. The molecule has 0 amide bonds. The molecule has 0 N–H and O–H groups in total. The molecular formula is C11H5ClN4O2. The number of benzene rings is 1. The quantitative estimate of drug-likeness (QED) is 0.470. The highest BCUT2D eigenvalue weighted by molar-refractivity contribution is 6.31. The Morgan fingerprint density at radius 2 is 2.17 bits per heavy atom. The van der Waals surface area contributed by atoms with E-state index in [1.807, 2.05) is 6.07 Å². The molecule has 0 saturated heterocycles. The highest BCUT2D eigenvalue weighted by Gasteiger charge is 2.22. The molecule has 0 aliphatic heterocycles. The van der Waals surface area contributed by atoms with Gasteiger partial charge in [0.25, 0.3) is 0 Å². The maximum atomic E-state index is 10.9. The van der Waals surface area contributed by atoms with Crippen molar-refractivity contribution in [1.82, 2.24) is 9.97 Å². The van der Waals surface area contributed by atoms with Gasteiger partial charge >= 0.3 is 5.69 Å². The van der Waals surface area contributed by atoms with Crippen molar-refractivity contribution in [3.05, 3.63) is 51.4 Å².